The number of anilines is 1. The van der Waals surface area contributed by atoms with E-state index in [0.717, 1.165) is 6.07 Å². The van der Waals surface area contributed by atoms with E-state index in [4.69, 9.17) is 10.5 Å². The number of primary amides is 1. The standard InChI is InChI=1S/C20H15F2N5O4/c21-12-3-1-11(2-4-12)9-16(28)26-20(30)25-13-5-6-15(14(22)10-13)31-17-7-8-24-19(27-17)18(23)29/h1-8,10H,9H2,(H2,23,29)(H2,25,26,28,30). The van der Waals surface area contributed by atoms with Gasteiger partial charge in [0.2, 0.25) is 17.6 Å². The lowest BCUT2D eigenvalue weighted by atomic mass is 10.1. The third-order valence-corrected chi connectivity index (χ3v) is 3.79. The van der Waals surface area contributed by atoms with E-state index in [1.807, 2.05) is 0 Å². The molecule has 2 aromatic carbocycles. The number of nitrogens with zero attached hydrogens (tertiary/aromatic N) is 2. The van der Waals surface area contributed by atoms with E-state index in [2.05, 4.69) is 20.6 Å². The Labute approximate surface area is 174 Å². The van der Waals surface area contributed by atoms with E-state index < -0.39 is 29.5 Å². The minimum Gasteiger partial charge on any atom is -0.436 e. The Balaban J connectivity index is 1.58. The first-order valence-corrected chi connectivity index (χ1v) is 8.75. The molecule has 3 rings (SSSR count). The van der Waals surface area contributed by atoms with Gasteiger partial charge in [-0.2, -0.15) is 4.98 Å². The van der Waals surface area contributed by atoms with Crippen molar-refractivity contribution >= 4 is 23.5 Å². The first-order chi connectivity index (χ1) is 14.8. The number of nitrogens with one attached hydrogen (secondary N) is 2. The molecule has 1 heterocycles. The lowest BCUT2D eigenvalue weighted by Gasteiger charge is -2.10. The number of carbonyl (C=O) groups excluding carboxylic acids is 3. The first-order valence-electron chi connectivity index (χ1n) is 8.75. The average molecular weight is 427 g/mol. The van der Waals surface area contributed by atoms with Crippen LogP contribution in [0.5, 0.6) is 11.6 Å². The smallest absolute Gasteiger partial charge is 0.325 e. The van der Waals surface area contributed by atoms with Crippen LogP contribution in [0.15, 0.2) is 54.7 Å². The number of benzene rings is 2. The minimum atomic E-state index is -0.873. The number of aromatic nitrogens is 2. The number of nitrogens with two attached hydrogens (primary N) is 1. The van der Waals surface area contributed by atoms with Gasteiger partial charge in [-0.15, -0.1) is 0 Å². The number of hydrogen-bond donors (Lipinski definition) is 3. The molecule has 3 aromatic rings. The van der Waals surface area contributed by atoms with Crippen LogP contribution in [0.4, 0.5) is 19.3 Å². The lowest BCUT2D eigenvalue weighted by molar-refractivity contribution is -0.119. The molecule has 0 radical (unpaired) electrons. The number of ether oxygens (including phenoxy) is 1. The zero-order chi connectivity index (χ0) is 22.4. The quantitative estimate of drug-likeness (QED) is 0.553. The van der Waals surface area contributed by atoms with Crippen molar-refractivity contribution in [3.63, 3.8) is 0 Å². The zero-order valence-corrected chi connectivity index (χ0v) is 15.8. The second-order valence-electron chi connectivity index (χ2n) is 6.14. The van der Waals surface area contributed by atoms with Crippen LogP contribution in [-0.2, 0) is 11.2 Å². The van der Waals surface area contributed by atoms with Crippen LogP contribution >= 0.6 is 0 Å². The fraction of sp³-hybridized carbons (Fsp3) is 0.0500. The Kier molecular flexibility index (Phi) is 6.45. The monoisotopic (exact) mass is 427 g/mol. The second kappa shape index (κ2) is 9.39. The summed E-state index contributed by atoms with van der Waals surface area (Å²) in [5, 5.41) is 4.40. The molecule has 0 atom stereocenters. The molecule has 0 aliphatic heterocycles. The molecule has 4 amide bonds. The third kappa shape index (κ3) is 6.03. The Morgan fingerprint density at radius 2 is 1.77 bits per heavy atom. The number of hydrogen-bond acceptors (Lipinski definition) is 6. The first kappa shape index (κ1) is 21.3. The van der Waals surface area contributed by atoms with E-state index in [1.54, 1.807) is 0 Å². The normalized spacial score (nSPS) is 10.3. The Hall–Kier alpha value is -4.41. The summed E-state index contributed by atoms with van der Waals surface area (Å²) < 4.78 is 32.4. The second-order valence-corrected chi connectivity index (χ2v) is 6.14. The van der Waals surface area contributed by atoms with Crippen molar-refractivity contribution in [1.29, 1.82) is 0 Å². The average Bonchev–Trinajstić information content (AvgIpc) is 2.72. The van der Waals surface area contributed by atoms with Crippen LogP contribution in [0, 0.1) is 11.6 Å². The maximum Gasteiger partial charge on any atom is 0.325 e. The van der Waals surface area contributed by atoms with E-state index in [1.165, 1.54) is 48.7 Å². The molecule has 11 heteroatoms. The molecular weight excluding hydrogens is 412 g/mol. The van der Waals surface area contributed by atoms with Gasteiger partial charge < -0.3 is 15.8 Å². The van der Waals surface area contributed by atoms with Gasteiger partial charge in [-0.3, -0.25) is 14.9 Å². The van der Waals surface area contributed by atoms with Crippen molar-refractivity contribution in [1.82, 2.24) is 15.3 Å². The summed E-state index contributed by atoms with van der Waals surface area (Å²) in [5.74, 6) is -3.40. The molecule has 9 nitrogen and oxygen atoms in total. The van der Waals surface area contributed by atoms with Gasteiger partial charge in [0.1, 0.15) is 5.82 Å². The summed E-state index contributed by atoms with van der Waals surface area (Å²) in [6, 6.07) is 9.19. The van der Waals surface area contributed by atoms with Crippen molar-refractivity contribution in [3.8, 4) is 11.6 Å². The molecule has 4 N–H and O–H groups in total. The Morgan fingerprint density at radius 1 is 1.03 bits per heavy atom. The molecule has 0 aliphatic rings. The molecular formula is C20H15F2N5O4. The molecule has 1 aromatic heterocycles. The molecule has 0 bridgehead atoms. The third-order valence-electron chi connectivity index (χ3n) is 3.79. The zero-order valence-electron chi connectivity index (χ0n) is 15.8. The summed E-state index contributed by atoms with van der Waals surface area (Å²) in [7, 11) is 0. The molecule has 0 aliphatic carbocycles. The number of imide groups is 1. The number of carbonyl (C=O) groups is 3. The number of halogens is 2. The van der Waals surface area contributed by atoms with Crippen LogP contribution in [-0.4, -0.2) is 27.8 Å². The molecule has 0 saturated carbocycles. The molecule has 0 fully saturated rings. The van der Waals surface area contributed by atoms with Crippen LogP contribution < -0.4 is 21.1 Å². The van der Waals surface area contributed by atoms with E-state index >= 15 is 0 Å². The van der Waals surface area contributed by atoms with Gasteiger partial charge in [-0.05, 0) is 29.8 Å². The molecule has 31 heavy (non-hydrogen) atoms. The highest BCUT2D eigenvalue weighted by molar-refractivity contribution is 6.01. The van der Waals surface area contributed by atoms with Gasteiger partial charge in [-0.1, -0.05) is 12.1 Å². The van der Waals surface area contributed by atoms with Gasteiger partial charge >= 0.3 is 6.03 Å². The van der Waals surface area contributed by atoms with Gasteiger partial charge in [0.25, 0.3) is 5.91 Å². The number of rotatable bonds is 6. The SMILES string of the molecule is NC(=O)c1nccc(Oc2ccc(NC(=O)NC(=O)Cc3ccc(F)cc3)cc2F)n1. The highest BCUT2D eigenvalue weighted by atomic mass is 19.1. The summed E-state index contributed by atoms with van der Waals surface area (Å²) in [6.45, 7) is 0. The summed E-state index contributed by atoms with van der Waals surface area (Å²) in [5.41, 5.74) is 5.65. The summed E-state index contributed by atoms with van der Waals surface area (Å²) in [6.07, 6.45) is 1.09. The van der Waals surface area contributed by atoms with E-state index in [9.17, 15) is 23.2 Å². The van der Waals surface area contributed by atoms with E-state index in [0.29, 0.717) is 5.56 Å². The van der Waals surface area contributed by atoms with Gasteiger partial charge in [0.05, 0.1) is 6.42 Å². The topological polar surface area (TPSA) is 136 Å². The van der Waals surface area contributed by atoms with E-state index in [-0.39, 0.29) is 29.6 Å². The van der Waals surface area contributed by atoms with Crippen LogP contribution in [0.25, 0.3) is 0 Å². The Morgan fingerprint density at radius 3 is 2.45 bits per heavy atom. The fourth-order valence-corrected chi connectivity index (χ4v) is 2.41. The van der Waals surface area contributed by atoms with Crippen molar-refractivity contribution in [2.24, 2.45) is 5.73 Å². The van der Waals surface area contributed by atoms with Gasteiger partial charge in [-0.25, -0.2) is 18.6 Å². The molecule has 0 unspecified atom stereocenters. The van der Waals surface area contributed by atoms with Crippen LogP contribution in [0.2, 0.25) is 0 Å². The maximum atomic E-state index is 14.3. The van der Waals surface area contributed by atoms with Crippen molar-refractivity contribution < 1.29 is 27.9 Å². The highest BCUT2D eigenvalue weighted by Crippen LogP contribution is 2.25. The summed E-state index contributed by atoms with van der Waals surface area (Å²) in [4.78, 5) is 42.3. The van der Waals surface area contributed by atoms with Crippen LogP contribution in [0.1, 0.15) is 16.2 Å². The largest absolute Gasteiger partial charge is 0.436 e. The fourth-order valence-electron chi connectivity index (χ4n) is 2.41. The predicted octanol–water partition coefficient (Wildman–Crippen LogP) is 2.54. The maximum absolute atomic E-state index is 14.3. The molecule has 0 spiro atoms. The summed E-state index contributed by atoms with van der Waals surface area (Å²) >= 11 is 0. The Bertz CT molecular complexity index is 1140. The predicted molar refractivity (Wildman–Crippen MR) is 104 cm³/mol. The minimum absolute atomic E-state index is 0.0532. The van der Waals surface area contributed by atoms with Crippen molar-refractivity contribution in [2.45, 2.75) is 6.42 Å². The van der Waals surface area contributed by atoms with Gasteiger partial charge in [0.15, 0.2) is 11.6 Å². The number of urea groups is 1. The molecule has 0 saturated heterocycles. The highest BCUT2D eigenvalue weighted by Gasteiger charge is 2.13. The molecule has 158 valence electrons. The lowest BCUT2D eigenvalue weighted by Crippen LogP contribution is -2.35. The van der Waals surface area contributed by atoms with Gasteiger partial charge in [0, 0.05) is 24.0 Å². The van der Waals surface area contributed by atoms with Crippen molar-refractivity contribution in [2.75, 3.05) is 5.32 Å². The van der Waals surface area contributed by atoms with Crippen LogP contribution in [0.3, 0.4) is 0 Å². The van der Waals surface area contributed by atoms with Crippen molar-refractivity contribution in [3.05, 3.63) is 77.8 Å². The number of amides is 4.